The van der Waals surface area contributed by atoms with Gasteiger partial charge in [0.15, 0.2) is 0 Å². The second-order valence-electron chi connectivity index (χ2n) is 16.4. The van der Waals surface area contributed by atoms with Crippen molar-refractivity contribution in [2.45, 2.75) is 150 Å². The summed E-state index contributed by atoms with van der Waals surface area (Å²) in [6, 6.07) is 7.91. The molecule has 0 bridgehead atoms. The second-order valence-corrected chi connectivity index (χ2v) is 17.3. The predicted octanol–water partition coefficient (Wildman–Crippen LogP) is 8.04. The number of likely N-dealkylation sites (tertiary alicyclic amines) is 1. The van der Waals surface area contributed by atoms with Crippen molar-refractivity contribution < 1.29 is 33.8 Å². The molecule has 1 aromatic heterocycles. The number of benzene rings is 1. The Balaban J connectivity index is -0.00000141. The number of ether oxygens (including phenoxy) is 1. The lowest BCUT2D eigenvalue weighted by molar-refractivity contribution is -0.147. The van der Waals surface area contributed by atoms with Crippen LogP contribution in [0, 0.1) is 11.3 Å². The highest BCUT2D eigenvalue weighted by Gasteiger charge is 2.32. The number of unbranched alkanes of at least 4 members (excludes halogenated alkanes) is 5. The van der Waals surface area contributed by atoms with E-state index in [2.05, 4.69) is 73.7 Å². The number of carbonyl (C=O) groups is 5. The van der Waals surface area contributed by atoms with Crippen LogP contribution < -0.4 is 22.1 Å². The number of carboxylic acids is 1. The Kier molecular flexibility index (Phi) is 41.6. The topological polar surface area (TPSA) is 210 Å². The van der Waals surface area contributed by atoms with E-state index < -0.39 is 11.4 Å². The molecule has 3 unspecified atom stereocenters. The van der Waals surface area contributed by atoms with Crippen LogP contribution in [0.1, 0.15) is 153 Å². The monoisotopic (exact) mass is 908 g/mol. The van der Waals surface area contributed by atoms with Crippen LogP contribution in [0.25, 0.3) is 0 Å². The summed E-state index contributed by atoms with van der Waals surface area (Å²) in [7, 11) is 7.76. The molecule has 2 heterocycles. The molecule has 0 radical (unpaired) electrons. The van der Waals surface area contributed by atoms with Crippen molar-refractivity contribution in [1.29, 1.82) is 0 Å². The van der Waals surface area contributed by atoms with E-state index >= 15 is 0 Å². The molecular weight excluding hydrogens is 819 g/mol. The van der Waals surface area contributed by atoms with Crippen molar-refractivity contribution in [3.63, 3.8) is 0 Å². The first-order chi connectivity index (χ1) is 30.1. The van der Waals surface area contributed by atoms with Crippen LogP contribution in [0.15, 0.2) is 29.6 Å². The quantitative estimate of drug-likeness (QED) is 0.0500. The van der Waals surface area contributed by atoms with E-state index in [4.69, 9.17) is 19.3 Å². The fraction of sp³-hybridized carbons (Fsp3) is 0.708. The summed E-state index contributed by atoms with van der Waals surface area (Å²) in [5.41, 5.74) is 10.5. The van der Waals surface area contributed by atoms with Crippen molar-refractivity contribution in [1.82, 2.24) is 20.1 Å². The lowest BCUT2D eigenvalue weighted by Crippen LogP contribution is -2.41. The summed E-state index contributed by atoms with van der Waals surface area (Å²) in [4.78, 5) is 61.5. The third-order valence-electron chi connectivity index (χ3n) is 10.3. The van der Waals surface area contributed by atoms with Gasteiger partial charge >= 0.3 is 5.97 Å². The van der Waals surface area contributed by atoms with Crippen LogP contribution >= 0.6 is 11.3 Å². The number of nitrogens with two attached hydrogens (primary N) is 2. The summed E-state index contributed by atoms with van der Waals surface area (Å²) in [6.45, 7) is 20.6. The predicted molar refractivity (Wildman–Crippen MR) is 263 cm³/mol. The standard InChI is InChI=1S/C33H54N4O4S.C6H13N.C5H10O.C2H5NO.CH5N.CH2O/c1-9-11-12-13-18-37(8)28(23(3)4)20-29(41-10-2)31-36-27(22-42-31)30(38)35-26(21-33(5,6)32(39)40)19-24-14-16-25(34-7)17-15-24;1-7-5-3-2-4-6-7;1-2-3-4-5-6;3-1-2-4;2*1-2/h14-17,22-23,26,28-29,34H,9-13,18-21H2,1-8H3,(H,35,38)(H,39,40);2-6H2,1H3;5H,2-4H2,1H3;2H,1,3H2;2H2,1H3;1H2. The Morgan fingerprint density at radius 2 is 1.59 bits per heavy atom. The van der Waals surface area contributed by atoms with Crippen molar-refractivity contribution in [3.8, 4) is 0 Å². The number of aromatic nitrogens is 1. The molecule has 2 aromatic rings. The van der Waals surface area contributed by atoms with Crippen molar-refractivity contribution in [3.05, 3.63) is 45.9 Å². The molecule has 1 aromatic carbocycles. The first-order valence-corrected chi connectivity index (χ1v) is 23.7. The van der Waals surface area contributed by atoms with Crippen molar-refractivity contribution in [2.24, 2.45) is 22.8 Å². The fourth-order valence-corrected chi connectivity index (χ4v) is 7.54. The molecule has 1 saturated heterocycles. The molecule has 0 aliphatic carbocycles. The maximum absolute atomic E-state index is 13.4. The zero-order valence-electron chi connectivity index (χ0n) is 41.1. The molecule has 364 valence electrons. The number of aldehydes is 2. The molecule has 1 aliphatic rings. The average Bonchev–Trinajstić information content (AvgIpc) is 3.79. The van der Waals surface area contributed by atoms with Gasteiger partial charge in [-0.3, -0.25) is 9.59 Å². The molecule has 14 nitrogen and oxygen atoms in total. The summed E-state index contributed by atoms with van der Waals surface area (Å²) >= 11 is 1.45. The number of thiazole rings is 1. The van der Waals surface area contributed by atoms with Gasteiger partial charge in [0.05, 0.1) is 5.41 Å². The Hall–Kier alpha value is -3.60. The van der Waals surface area contributed by atoms with E-state index in [1.807, 2.05) is 45.0 Å². The Morgan fingerprint density at radius 1 is 1.00 bits per heavy atom. The smallest absolute Gasteiger partial charge is 0.309 e. The largest absolute Gasteiger partial charge is 0.481 e. The van der Waals surface area contributed by atoms with E-state index in [-0.39, 0.29) is 24.6 Å². The zero-order valence-corrected chi connectivity index (χ0v) is 41.9. The molecule has 1 amide bonds. The number of carbonyl (C=O) groups excluding carboxylic acids is 4. The highest BCUT2D eigenvalue weighted by molar-refractivity contribution is 7.09. The van der Waals surface area contributed by atoms with Crippen LogP contribution in [0.2, 0.25) is 0 Å². The molecule has 3 atom stereocenters. The maximum atomic E-state index is 13.4. The zero-order chi connectivity index (χ0) is 48.6. The molecule has 1 fully saturated rings. The van der Waals surface area contributed by atoms with E-state index in [0.717, 1.165) is 54.8 Å². The number of amides is 1. The van der Waals surface area contributed by atoms with Gasteiger partial charge in [0.25, 0.3) is 5.91 Å². The van der Waals surface area contributed by atoms with E-state index in [0.29, 0.717) is 43.4 Å². The number of carboxylic acid groups (broad SMARTS) is 1. The minimum absolute atomic E-state index is 0.139. The minimum Gasteiger partial charge on any atom is -0.481 e. The van der Waals surface area contributed by atoms with Crippen LogP contribution in [-0.4, -0.2) is 124 Å². The average molecular weight is 908 g/mol. The Labute approximate surface area is 386 Å². The Bertz CT molecular complexity index is 1410. The SMILES string of the molecule is C=O.CCCCC=O.CCCCCCN(C)C(CC(OCC)c1nc(C(=O)NC(Cc2ccc(NC)cc2)CC(C)(C)C(=O)O)cs1)C(C)C.CN.CN1CCCCC1.NCC=O. The summed E-state index contributed by atoms with van der Waals surface area (Å²) < 4.78 is 6.19. The third-order valence-corrected chi connectivity index (χ3v) is 11.2. The normalized spacial score (nSPS) is 13.6. The van der Waals surface area contributed by atoms with E-state index in [9.17, 15) is 19.5 Å². The minimum atomic E-state index is -0.995. The van der Waals surface area contributed by atoms with Gasteiger partial charge in [0, 0.05) is 49.8 Å². The second kappa shape index (κ2) is 41.1. The van der Waals surface area contributed by atoms with Gasteiger partial charge < -0.3 is 56.1 Å². The molecule has 15 heteroatoms. The number of hydrogen-bond donors (Lipinski definition) is 5. The number of anilines is 1. The molecule has 7 N–H and O–H groups in total. The van der Waals surface area contributed by atoms with Gasteiger partial charge in [-0.2, -0.15) is 0 Å². The number of nitrogens with zero attached hydrogens (tertiary/aromatic N) is 3. The summed E-state index contributed by atoms with van der Waals surface area (Å²) in [5.74, 6) is -0.732. The lowest BCUT2D eigenvalue weighted by Gasteiger charge is -2.33. The summed E-state index contributed by atoms with van der Waals surface area (Å²) in [5, 5.41) is 18.6. The number of hydrogen-bond acceptors (Lipinski definition) is 13. The van der Waals surface area contributed by atoms with Crippen LogP contribution in [0.3, 0.4) is 0 Å². The van der Waals surface area contributed by atoms with Gasteiger partial charge in [0.1, 0.15) is 36.2 Å². The fourth-order valence-electron chi connectivity index (χ4n) is 6.68. The molecule has 1 aliphatic heterocycles. The van der Waals surface area contributed by atoms with Gasteiger partial charge in [-0.25, -0.2) is 4.98 Å². The number of nitrogens with one attached hydrogen (secondary N) is 2. The maximum Gasteiger partial charge on any atom is 0.309 e. The molecule has 0 spiro atoms. The number of aliphatic carboxylic acids is 1. The Morgan fingerprint density at radius 3 is 2.02 bits per heavy atom. The van der Waals surface area contributed by atoms with Gasteiger partial charge in [0.2, 0.25) is 0 Å². The molecular formula is C48H89N7O7S. The molecule has 3 rings (SSSR count). The van der Waals surface area contributed by atoms with E-state index in [1.54, 1.807) is 19.2 Å². The molecule has 0 saturated carbocycles. The highest BCUT2D eigenvalue weighted by Crippen LogP contribution is 2.31. The first kappa shape index (κ1) is 63.7. The summed E-state index contributed by atoms with van der Waals surface area (Å²) in [6.07, 6.45) is 15.1. The van der Waals surface area contributed by atoms with Crippen molar-refractivity contribution >= 4 is 48.3 Å². The van der Waals surface area contributed by atoms with Gasteiger partial charge in [-0.1, -0.05) is 71.9 Å². The third kappa shape index (κ3) is 31.0. The number of piperidine rings is 1. The number of rotatable bonds is 24. The van der Waals surface area contributed by atoms with Gasteiger partial charge in [-0.05, 0) is 130 Å². The van der Waals surface area contributed by atoms with Crippen LogP contribution in [-0.2, 0) is 30.3 Å². The lowest BCUT2D eigenvalue weighted by atomic mass is 9.84. The van der Waals surface area contributed by atoms with Gasteiger partial charge in [-0.15, -0.1) is 11.3 Å². The van der Waals surface area contributed by atoms with Crippen LogP contribution in [0.4, 0.5) is 5.69 Å². The van der Waals surface area contributed by atoms with Crippen molar-refractivity contribution in [2.75, 3.05) is 66.3 Å². The van der Waals surface area contributed by atoms with Crippen LogP contribution in [0.5, 0.6) is 0 Å². The van der Waals surface area contributed by atoms with E-state index in [1.165, 1.54) is 76.4 Å². The molecule has 63 heavy (non-hydrogen) atoms. The first-order valence-electron chi connectivity index (χ1n) is 22.8. The highest BCUT2D eigenvalue weighted by atomic mass is 32.1.